The highest BCUT2D eigenvalue weighted by Gasteiger charge is 2.12. The lowest BCUT2D eigenvalue weighted by Gasteiger charge is -2.01. The normalized spacial score (nSPS) is 10.5. The van der Waals surface area contributed by atoms with Crippen LogP contribution in [0.1, 0.15) is 21.8 Å². The molecule has 2 rings (SSSR count). The summed E-state index contributed by atoms with van der Waals surface area (Å²) in [6, 6.07) is 4.97. The number of aromatic carboxylic acids is 1. The van der Waals surface area contributed by atoms with E-state index in [0.29, 0.717) is 22.8 Å². The van der Waals surface area contributed by atoms with Crippen molar-refractivity contribution in [3.63, 3.8) is 0 Å². The molecular weight excluding hydrogens is 222 g/mol. The van der Waals surface area contributed by atoms with Gasteiger partial charge in [0.1, 0.15) is 0 Å². The lowest BCUT2D eigenvalue weighted by molar-refractivity contribution is 0.0696. The van der Waals surface area contributed by atoms with Gasteiger partial charge in [-0.3, -0.25) is 0 Å². The number of rotatable bonds is 3. The molecule has 0 bridgehead atoms. The Morgan fingerprint density at radius 1 is 1.53 bits per heavy atom. The molecule has 0 unspecified atom stereocenters. The Labute approximate surface area is 97.1 Å². The van der Waals surface area contributed by atoms with E-state index in [9.17, 15) is 4.79 Å². The van der Waals surface area contributed by atoms with Crippen LogP contribution >= 0.6 is 0 Å². The number of carboxylic acids is 1. The maximum absolute atomic E-state index is 11.0. The van der Waals surface area contributed by atoms with Crippen LogP contribution in [0, 0.1) is 6.92 Å². The Morgan fingerprint density at radius 2 is 2.29 bits per heavy atom. The summed E-state index contributed by atoms with van der Waals surface area (Å²) in [6.07, 6.45) is 0. The zero-order valence-electron chi connectivity index (χ0n) is 9.17. The molecule has 0 saturated carbocycles. The van der Waals surface area contributed by atoms with Crippen molar-refractivity contribution in [2.75, 3.05) is 0 Å². The van der Waals surface area contributed by atoms with Crippen LogP contribution in [0.15, 0.2) is 22.7 Å². The molecule has 0 radical (unpaired) electrons. The van der Waals surface area contributed by atoms with Gasteiger partial charge in [-0.15, -0.1) is 0 Å². The molecule has 0 amide bonds. The number of hydrogen-bond donors (Lipinski definition) is 2. The molecular formula is C11H11N3O3. The number of benzene rings is 1. The third-order valence-corrected chi connectivity index (χ3v) is 2.37. The molecule has 1 aromatic carbocycles. The third-order valence-electron chi connectivity index (χ3n) is 2.37. The van der Waals surface area contributed by atoms with Crippen LogP contribution < -0.4 is 5.73 Å². The first-order valence-electron chi connectivity index (χ1n) is 4.99. The predicted molar refractivity (Wildman–Crippen MR) is 59.3 cm³/mol. The topological polar surface area (TPSA) is 102 Å². The average molecular weight is 233 g/mol. The van der Waals surface area contributed by atoms with Gasteiger partial charge in [-0.05, 0) is 18.6 Å². The molecule has 0 saturated heterocycles. The third kappa shape index (κ3) is 2.16. The smallest absolute Gasteiger partial charge is 0.335 e. The van der Waals surface area contributed by atoms with Crippen molar-refractivity contribution in [2.24, 2.45) is 5.73 Å². The molecule has 3 N–H and O–H groups in total. The Kier molecular flexibility index (Phi) is 2.88. The summed E-state index contributed by atoms with van der Waals surface area (Å²) < 4.78 is 4.87. The summed E-state index contributed by atoms with van der Waals surface area (Å²) in [5.41, 5.74) is 6.85. The van der Waals surface area contributed by atoms with Crippen molar-refractivity contribution < 1.29 is 14.4 Å². The largest absolute Gasteiger partial charge is 0.478 e. The number of nitrogens with zero attached hydrogens (tertiary/aromatic N) is 2. The van der Waals surface area contributed by atoms with E-state index in [1.54, 1.807) is 19.1 Å². The van der Waals surface area contributed by atoms with E-state index in [-0.39, 0.29) is 12.1 Å². The van der Waals surface area contributed by atoms with Gasteiger partial charge in [0, 0.05) is 5.56 Å². The van der Waals surface area contributed by atoms with Crippen molar-refractivity contribution in [2.45, 2.75) is 13.5 Å². The second-order valence-electron chi connectivity index (χ2n) is 3.55. The van der Waals surface area contributed by atoms with Crippen LogP contribution in [-0.4, -0.2) is 21.2 Å². The minimum absolute atomic E-state index is 0.157. The van der Waals surface area contributed by atoms with Crippen molar-refractivity contribution in [3.05, 3.63) is 35.2 Å². The van der Waals surface area contributed by atoms with Crippen LogP contribution in [0.3, 0.4) is 0 Å². The average Bonchev–Trinajstić information content (AvgIpc) is 2.78. The highest BCUT2D eigenvalue weighted by Crippen LogP contribution is 2.19. The molecule has 1 heterocycles. The van der Waals surface area contributed by atoms with E-state index in [1.807, 2.05) is 0 Å². The standard InChI is InChI=1S/C11H11N3O3/c1-6-2-3-7(4-8(6)11(15)16)10-13-9(5-12)17-14-10/h2-4H,5,12H2,1H3,(H,15,16). The van der Waals surface area contributed by atoms with Gasteiger partial charge < -0.3 is 15.4 Å². The molecule has 6 nitrogen and oxygen atoms in total. The number of carboxylic acid groups (broad SMARTS) is 1. The summed E-state index contributed by atoms with van der Waals surface area (Å²) in [7, 11) is 0. The van der Waals surface area contributed by atoms with E-state index in [4.69, 9.17) is 15.4 Å². The quantitative estimate of drug-likeness (QED) is 0.825. The first-order valence-corrected chi connectivity index (χ1v) is 4.99. The summed E-state index contributed by atoms with van der Waals surface area (Å²) in [5.74, 6) is -0.322. The lowest BCUT2D eigenvalue weighted by Crippen LogP contribution is -2.00. The van der Waals surface area contributed by atoms with Crippen LogP contribution in [-0.2, 0) is 6.54 Å². The lowest BCUT2D eigenvalue weighted by atomic mass is 10.0. The van der Waals surface area contributed by atoms with Gasteiger partial charge >= 0.3 is 5.97 Å². The van der Waals surface area contributed by atoms with E-state index < -0.39 is 5.97 Å². The van der Waals surface area contributed by atoms with Gasteiger partial charge in [0.15, 0.2) is 0 Å². The maximum atomic E-state index is 11.0. The minimum atomic E-state index is -0.980. The number of aromatic nitrogens is 2. The van der Waals surface area contributed by atoms with Gasteiger partial charge in [0.25, 0.3) is 0 Å². The number of carbonyl (C=O) groups is 1. The van der Waals surface area contributed by atoms with Crippen LogP contribution in [0.4, 0.5) is 0 Å². The molecule has 2 aromatic rings. The summed E-state index contributed by atoms with van der Waals surface area (Å²) >= 11 is 0. The number of nitrogens with two attached hydrogens (primary N) is 1. The monoisotopic (exact) mass is 233 g/mol. The Balaban J connectivity index is 2.46. The van der Waals surface area contributed by atoms with Crippen LogP contribution in [0.2, 0.25) is 0 Å². The van der Waals surface area contributed by atoms with Gasteiger partial charge in [-0.2, -0.15) is 4.98 Å². The van der Waals surface area contributed by atoms with Crippen molar-refractivity contribution >= 4 is 5.97 Å². The van der Waals surface area contributed by atoms with E-state index in [1.165, 1.54) is 6.07 Å². The van der Waals surface area contributed by atoms with Crippen LogP contribution in [0.25, 0.3) is 11.4 Å². The van der Waals surface area contributed by atoms with E-state index in [0.717, 1.165) is 0 Å². The van der Waals surface area contributed by atoms with Gasteiger partial charge in [0.05, 0.1) is 12.1 Å². The van der Waals surface area contributed by atoms with E-state index in [2.05, 4.69) is 10.1 Å². The summed E-state index contributed by atoms with van der Waals surface area (Å²) in [4.78, 5) is 15.0. The zero-order chi connectivity index (χ0) is 12.4. The molecule has 0 atom stereocenters. The Hall–Kier alpha value is -2.21. The molecule has 0 aliphatic rings. The van der Waals surface area contributed by atoms with Crippen molar-refractivity contribution in [1.29, 1.82) is 0 Å². The SMILES string of the molecule is Cc1ccc(-c2noc(CN)n2)cc1C(=O)O. The molecule has 0 aliphatic heterocycles. The van der Waals surface area contributed by atoms with Gasteiger partial charge in [-0.1, -0.05) is 17.3 Å². The fraction of sp³-hybridized carbons (Fsp3) is 0.182. The van der Waals surface area contributed by atoms with Crippen molar-refractivity contribution in [1.82, 2.24) is 10.1 Å². The second kappa shape index (κ2) is 4.34. The fourth-order valence-corrected chi connectivity index (χ4v) is 1.45. The highest BCUT2D eigenvalue weighted by atomic mass is 16.5. The first kappa shape index (κ1) is 11.3. The molecule has 0 aliphatic carbocycles. The molecule has 1 aromatic heterocycles. The van der Waals surface area contributed by atoms with Gasteiger partial charge in [-0.25, -0.2) is 4.79 Å². The van der Waals surface area contributed by atoms with Crippen molar-refractivity contribution in [3.8, 4) is 11.4 Å². The maximum Gasteiger partial charge on any atom is 0.335 e. The molecule has 0 fully saturated rings. The second-order valence-corrected chi connectivity index (χ2v) is 3.55. The zero-order valence-corrected chi connectivity index (χ0v) is 9.17. The summed E-state index contributed by atoms with van der Waals surface area (Å²) in [6.45, 7) is 1.89. The van der Waals surface area contributed by atoms with Gasteiger partial charge in [0.2, 0.25) is 11.7 Å². The summed E-state index contributed by atoms with van der Waals surface area (Å²) in [5, 5.41) is 12.7. The Bertz CT molecular complexity index is 563. The molecule has 0 spiro atoms. The Morgan fingerprint density at radius 3 is 2.88 bits per heavy atom. The highest BCUT2D eigenvalue weighted by molar-refractivity contribution is 5.90. The number of hydrogen-bond acceptors (Lipinski definition) is 5. The molecule has 6 heteroatoms. The van der Waals surface area contributed by atoms with Crippen LogP contribution in [0.5, 0.6) is 0 Å². The minimum Gasteiger partial charge on any atom is -0.478 e. The molecule has 88 valence electrons. The predicted octanol–water partition coefficient (Wildman–Crippen LogP) is 1.20. The fourth-order valence-electron chi connectivity index (χ4n) is 1.45. The molecule has 17 heavy (non-hydrogen) atoms. The first-order chi connectivity index (χ1) is 8.11. The number of aryl methyl sites for hydroxylation is 1. The van der Waals surface area contributed by atoms with E-state index >= 15 is 0 Å².